The van der Waals surface area contributed by atoms with Gasteiger partial charge in [-0.25, -0.2) is 0 Å². The lowest BCUT2D eigenvalue weighted by Crippen LogP contribution is -2.86. The first-order chi connectivity index (χ1) is 12.2. The molecule has 1 atom stereocenters. The molecule has 0 bridgehead atoms. The molecule has 1 amide bonds. The minimum Gasteiger partial charge on any atom is -0.463 e. The number of hydrogen-bond acceptors (Lipinski definition) is 3. The zero-order valence-corrected chi connectivity index (χ0v) is 14.9. The first-order valence-electron chi connectivity index (χ1n) is 9.24. The van der Waals surface area contributed by atoms with Gasteiger partial charge in [-0.2, -0.15) is 0 Å². The molecule has 134 valence electrons. The van der Waals surface area contributed by atoms with E-state index >= 15 is 0 Å². The fourth-order valence-corrected chi connectivity index (χ4v) is 3.25. The van der Waals surface area contributed by atoms with Crippen LogP contribution in [0.25, 0.3) is 0 Å². The minimum atomic E-state index is 0.000860. The molecule has 1 fully saturated rings. The van der Waals surface area contributed by atoms with Crippen LogP contribution in [-0.2, 0) is 4.79 Å². The van der Waals surface area contributed by atoms with E-state index in [2.05, 4.69) is 22.3 Å². The van der Waals surface area contributed by atoms with Crippen molar-refractivity contribution in [3.8, 4) is 0 Å². The number of nitrogens with one attached hydrogen (secondary N) is 1. The second-order valence-corrected chi connectivity index (χ2v) is 6.74. The van der Waals surface area contributed by atoms with Gasteiger partial charge in [0.25, 0.3) is 5.91 Å². The topological polar surface area (TPSA) is 62.1 Å². The third-order valence-corrected chi connectivity index (χ3v) is 4.77. The van der Waals surface area contributed by atoms with Gasteiger partial charge in [-0.15, -0.1) is 0 Å². The normalized spacial score (nSPS) is 16.3. The van der Waals surface area contributed by atoms with Crippen LogP contribution in [0.2, 0.25) is 0 Å². The van der Waals surface area contributed by atoms with Gasteiger partial charge < -0.3 is 20.0 Å². The Morgan fingerprint density at radius 3 is 2.52 bits per heavy atom. The van der Waals surface area contributed by atoms with Crippen molar-refractivity contribution < 1.29 is 14.5 Å². The van der Waals surface area contributed by atoms with Crippen LogP contribution in [0.5, 0.6) is 0 Å². The quantitative estimate of drug-likeness (QED) is 0.848. The molecule has 1 aromatic carbocycles. The number of hydrogen-bond donors (Lipinski definition) is 2. The lowest BCUT2D eigenvalue weighted by atomic mass is 10.2. The largest absolute Gasteiger partial charge is 0.463 e. The number of anilines is 2. The van der Waals surface area contributed by atoms with Crippen LogP contribution < -0.4 is 15.5 Å². The summed E-state index contributed by atoms with van der Waals surface area (Å²) in [7, 11) is 0. The SMILES string of the molecule is C[C@H]([NH2+]CC(=O)Nc1ccc(N2CCCCCC2)cc1)c1ccco1. The standard InChI is InChI=1S/C20H27N3O2/c1-16(19-7-6-14-25-19)21-15-20(24)22-17-8-10-18(11-9-17)23-12-4-2-3-5-13-23/h6-11,14,16,21H,2-5,12-13,15H2,1H3,(H,22,24)/p+1/t16-/m0/s1. The number of carbonyl (C=O) groups excluding carboxylic acids is 1. The molecule has 25 heavy (non-hydrogen) atoms. The van der Waals surface area contributed by atoms with Gasteiger partial charge in [0, 0.05) is 24.5 Å². The molecule has 2 aromatic rings. The van der Waals surface area contributed by atoms with Crippen molar-refractivity contribution in [1.29, 1.82) is 0 Å². The van der Waals surface area contributed by atoms with Crippen LogP contribution in [0, 0.1) is 0 Å². The Hall–Kier alpha value is -2.27. The molecular weight excluding hydrogens is 314 g/mol. The Kier molecular flexibility index (Phi) is 6.12. The highest BCUT2D eigenvalue weighted by molar-refractivity contribution is 5.91. The van der Waals surface area contributed by atoms with Crippen LogP contribution in [0.15, 0.2) is 47.1 Å². The van der Waals surface area contributed by atoms with Gasteiger partial charge in [-0.05, 0) is 56.2 Å². The molecule has 3 rings (SSSR count). The third-order valence-electron chi connectivity index (χ3n) is 4.77. The maximum Gasteiger partial charge on any atom is 0.279 e. The van der Waals surface area contributed by atoms with Crippen LogP contribution in [0.3, 0.4) is 0 Å². The van der Waals surface area contributed by atoms with E-state index in [1.165, 1.54) is 31.4 Å². The van der Waals surface area contributed by atoms with Crippen LogP contribution in [0.4, 0.5) is 11.4 Å². The van der Waals surface area contributed by atoms with Crippen molar-refractivity contribution >= 4 is 17.3 Å². The van der Waals surface area contributed by atoms with Gasteiger partial charge in [0.1, 0.15) is 6.04 Å². The average molecular weight is 342 g/mol. The summed E-state index contributed by atoms with van der Waals surface area (Å²) in [4.78, 5) is 14.6. The Balaban J connectivity index is 1.48. The van der Waals surface area contributed by atoms with Crippen molar-refractivity contribution in [2.24, 2.45) is 0 Å². The van der Waals surface area contributed by atoms with Crippen molar-refractivity contribution in [3.63, 3.8) is 0 Å². The third kappa shape index (κ3) is 5.10. The van der Waals surface area contributed by atoms with E-state index in [0.29, 0.717) is 6.54 Å². The Morgan fingerprint density at radius 1 is 1.16 bits per heavy atom. The number of quaternary nitrogens is 1. The summed E-state index contributed by atoms with van der Waals surface area (Å²) in [6.07, 6.45) is 6.85. The van der Waals surface area contributed by atoms with Gasteiger partial charge in [0.15, 0.2) is 12.3 Å². The van der Waals surface area contributed by atoms with Crippen molar-refractivity contribution in [2.75, 3.05) is 29.9 Å². The average Bonchev–Trinajstić information content (AvgIpc) is 3.03. The molecule has 0 saturated carbocycles. The Bertz CT molecular complexity index is 644. The number of furan rings is 1. The number of carbonyl (C=O) groups is 1. The predicted octanol–water partition coefficient (Wildman–Crippen LogP) is 2.92. The summed E-state index contributed by atoms with van der Waals surface area (Å²) in [6, 6.07) is 12.1. The fourth-order valence-electron chi connectivity index (χ4n) is 3.25. The molecule has 5 heteroatoms. The number of nitrogens with two attached hydrogens (primary N) is 1. The van der Waals surface area contributed by atoms with Crippen molar-refractivity contribution in [1.82, 2.24) is 0 Å². The van der Waals surface area contributed by atoms with E-state index in [1.807, 2.05) is 36.5 Å². The first-order valence-corrected chi connectivity index (χ1v) is 9.24. The molecule has 5 nitrogen and oxygen atoms in total. The molecule has 1 aromatic heterocycles. The van der Waals surface area contributed by atoms with Crippen LogP contribution in [-0.4, -0.2) is 25.5 Å². The number of rotatable bonds is 6. The summed E-state index contributed by atoms with van der Waals surface area (Å²) < 4.78 is 5.36. The summed E-state index contributed by atoms with van der Waals surface area (Å²) in [5.41, 5.74) is 2.10. The van der Waals surface area contributed by atoms with E-state index in [4.69, 9.17) is 4.42 Å². The molecule has 3 N–H and O–H groups in total. The predicted molar refractivity (Wildman–Crippen MR) is 99.7 cm³/mol. The first kappa shape index (κ1) is 17.5. The molecule has 1 aliphatic rings. The molecule has 1 aliphatic heterocycles. The molecule has 0 spiro atoms. The second kappa shape index (κ2) is 8.72. The summed E-state index contributed by atoms with van der Waals surface area (Å²) in [6.45, 7) is 4.66. The summed E-state index contributed by atoms with van der Waals surface area (Å²) in [5.74, 6) is 0.885. The molecule has 0 aliphatic carbocycles. The highest BCUT2D eigenvalue weighted by Gasteiger charge is 2.14. The lowest BCUT2D eigenvalue weighted by Gasteiger charge is -2.22. The zero-order chi connectivity index (χ0) is 17.5. The molecular formula is C20H28N3O2+. The molecule has 1 saturated heterocycles. The highest BCUT2D eigenvalue weighted by Crippen LogP contribution is 2.21. The van der Waals surface area contributed by atoms with Gasteiger partial charge in [-0.3, -0.25) is 4.79 Å². The lowest BCUT2D eigenvalue weighted by molar-refractivity contribution is -0.684. The molecule has 0 radical (unpaired) electrons. The maximum absolute atomic E-state index is 12.1. The monoisotopic (exact) mass is 342 g/mol. The Labute approximate surface area is 149 Å². The zero-order valence-electron chi connectivity index (χ0n) is 14.9. The van der Waals surface area contributed by atoms with Gasteiger partial charge >= 0.3 is 0 Å². The number of nitrogens with zero attached hydrogens (tertiary/aromatic N) is 1. The van der Waals surface area contributed by atoms with Gasteiger partial charge in [-0.1, -0.05) is 12.8 Å². The van der Waals surface area contributed by atoms with E-state index in [9.17, 15) is 4.79 Å². The van der Waals surface area contributed by atoms with Gasteiger partial charge in [0.2, 0.25) is 0 Å². The Morgan fingerprint density at radius 2 is 1.88 bits per heavy atom. The smallest absolute Gasteiger partial charge is 0.279 e. The maximum atomic E-state index is 12.1. The second-order valence-electron chi connectivity index (χ2n) is 6.74. The van der Waals surface area contributed by atoms with Crippen molar-refractivity contribution in [3.05, 3.63) is 48.4 Å². The van der Waals surface area contributed by atoms with Crippen LogP contribution in [0.1, 0.15) is 44.4 Å². The highest BCUT2D eigenvalue weighted by atomic mass is 16.3. The fraction of sp³-hybridized carbons (Fsp3) is 0.450. The van der Waals surface area contributed by atoms with E-state index in [-0.39, 0.29) is 11.9 Å². The van der Waals surface area contributed by atoms with E-state index in [0.717, 1.165) is 24.5 Å². The van der Waals surface area contributed by atoms with E-state index < -0.39 is 0 Å². The minimum absolute atomic E-state index is 0.000860. The number of benzene rings is 1. The molecule has 2 heterocycles. The van der Waals surface area contributed by atoms with Crippen LogP contribution >= 0.6 is 0 Å². The molecule has 0 unspecified atom stereocenters. The summed E-state index contributed by atoms with van der Waals surface area (Å²) in [5, 5.41) is 4.94. The van der Waals surface area contributed by atoms with E-state index in [1.54, 1.807) is 6.26 Å². The van der Waals surface area contributed by atoms with Gasteiger partial charge in [0.05, 0.1) is 6.26 Å². The number of amides is 1. The van der Waals surface area contributed by atoms with Crippen molar-refractivity contribution in [2.45, 2.75) is 38.6 Å². The summed E-state index contributed by atoms with van der Waals surface area (Å²) >= 11 is 0.